The predicted octanol–water partition coefficient (Wildman–Crippen LogP) is 2.41. The number of nitrogens with zero attached hydrogens (tertiary/aromatic N) is 2. The Morgan fingerprint density at radius 3 is 2.57 bits per heavy atom. The Balaban J connectivity index is 2.02. The molecule has 0 radical (unpaired) electrons. The standard InChI is InChI=1S/C16H18N2O5/c1-22-9-7-17(11-14-6-8-23-12-14)16(19)10-13-2-4-15(5-3-13)18(20)21/h2-6,8,12H,7,9-11H2,1H3. The molecule has 2 aromatic rings. The lowest BCUT2D eigenvalue weighted by molar-refractivity contribution is -0.384. The number of carbonyl (C=O) groups is 1. The Hall–Kier alpha value is -2.67. The molecule has 1 aromatic heterocycles. The first-order valence-electron chi connectivity index (χ1n) is 7.11. The molecule has 0 saturated carbocycles. The van der Waals surface area contributed by atoms with Gasteiger partial charge in [-0.15, -0.1) is 0 Å². The van der Waals surface area contributed by atoms with Crippen LogP contribution in [0.1, 0.15) is 11.1 Å². The molecule has 0 saturated heterocycles. The van der Waals surface area contributed by atoms with E-state index in [1.165, 1.54) is 12.1 Å². The van der Waals surface area contributed by atoms with Crippen LogP contribution in [0.2, 0.25) is 0 Å². The van der Waals surface area contributed by atoms with Gasteiger partial charge in [0.1, 0.15) is 0 Å². The summed E-state index contributed by atoms with van der Waals surface area (Å²) in [5.74, 6) is -0.0721. The number of nitro groups is 1. The summed E-state index contributed by atoms with van der Waals surface area (Å²) in [7, 11) is 1.58. The maximum absolute atomic E-state index is 12.5. The van der Waals surface area contributed by atoms with Crippen LogP contribution in [-0.4, -0.2) is 36.0 Å². The van der Waals surface area contributed by atoms with E-state index in [2.05, 4.69) is 0 Å². The Bertz CT molecular complexity index is 637. The zero-order valence-electron chi connectivity index (χ0n) is 12.8. The van der Waals surface area contributed by atoms with Crippen LogP contribution in [0.3, 0.4) is 0 Å². The van der Waals surface area contributed by atoms with Crippen LogP contribution in [0, 0.1) is 10.1 Å². The van der Waals surface area contributed by atoms with Crippen LogP contribution >= 0.6 is 0 Å². The van der Waals surface area contributed by atoms with E-state index in [9.17, 15) is 14.9 Å². The highest BCUT2D eigenvalue weighted by Gasteiger charge is 2.15. The Morgan fingerprint density at radius 2 is 2.00 bits per heavy atom. The quantitative estimate of drug-likeness (QED) is 0.551. The summed E-state index contributed by atoms with van der Waals surface area (Å²) in [4.78, 5) is 24.3. The van der Waals surface area contributed by atoms with Gasteiger partial charge in [-0.3, -0.25) is 14.9 Å². The van der Waals surface area contributed by atoms with Gasteiger partial charge in [0.25, 0.3) is 5.69 Å². The molecule has 2 rings (SSSR count). The zero-order chi connectivity index (χ0) is 16.7. The molecule has 23 heavy (non-hydrogen) atoms. The predicted molar refractivity (Wildman–Crippen MR) is 82.8 cm³/mol. The van der Waals surface area contributed by atoms with E-state index in [0.717, 1.165) is 11.1 Å². The minimum atomic E-state index is -0.463. The van der Waals surface area contributed by atoms with Crippen molar-refractivity contribution in [1.29, 1.82) is 0 Å². The highest BCUT2D eigenvalue weighted by atomic mass is 16.6. The smallest absolute Gasteiger partial charge is 0.269 e. The highest BCUT2D eigenvalue weighted by molar-refractivity contribution is 5.78. The Kier molecular flexibility index (Phi) is 5.87. The van der Waals surface area contributed by atoms with E-state index in [4.69, 9.17) is 9.15 Å². The number of methoxy groups -OCH3 is 1. The molecule has 1 aromatic carbocycles. The summed E-state index contributed by atoms with van der Waals surface area (Å²) >= 11 is 0. The average molecular weight is 318 g/mol. The van der Waals surface area contributed by atoms with Crippen molar-refractivity contribution >= 4 is 11.6 Å². The highest BCUT2D eigenvalue weighted by Crippen LogP contribution is 2.14. The van der Waals surface area contributed by atoms with Crippen LogP contribution in [0.5, 0.6) is 0 Å². The van der Waals surface area contributed by atoms with Crippen LogP contribution in [0.4, 0.5) is 5.69 Å². The normalized spacial score (nSPS) is 10.5. The number of non-ortho nitro benzene ring substituents is 1. The molecule has 0 aliphatic rings. The number of carbonyl (C=O) groups excluding carboxylic acids is 1. The number of hydrogen-bond donors (Lipinski definition) is 0. The van der Waals surface area contributed by atoms with Gasteiger partial charge >= 0.3 is 0 Å². The zero-order valence-corrected chi connectivity index (χ0v) is 12.8. The molecule has 0 spiro atoms. The third-order valence-corrected chi connectivity index (χ3v) is 3.37. The molecule has 0 fully saturated rings. The third kappa shape index (κ3) is 4.93. The lowest BCUT2D eigenvalue weighted by Crippen LogP contribution is -2.34. The fourth-order valence-electron chi connectivity index (χ4n) is 2.12. The summed E-state index contributed by atoms with van der Waals surface area (Å²) < 4.78 is 10.1. The van der Waals surface area contributed by atoms with Crippen LogP contribution in [0.25, 0.3) is 0 Å². The molecule has 1 amide bonds. The Morgan fingerprint density at radius 1 is 1.26 bits per heavy atom. The van der Waals surface area contributed by atoms with Crippen molar-refractivity contribution in [2.24, 2.45) is 0 Å². The first kappa shape index (κ1) is 16.7. The summed E-state index contributed by atoms with van der Waals surface area (Å²) in [6, 6.07) is 7.81. The van der Waals surface area contributed by atoms with Gasteiger partial charge in [-0.1, -0.05) is 12.1 Å². The lowest BCUT2D eigenvalue weighted by atomic mass is 10.1. The lowest BCUT2D eigenvalue weighted by Gasteiger charge is -2.22. The molecule has 0 N–H and O–H groups in total. The molecule has 0 aliphatic heterocycles. The molecule has 7 heteroatoms. The van der Waals surface area contributed by atoms with Crippen molar-refractivity contribution in [2.75, 3.05) is 20.3 Å². The maximum Gasteiger partial charge on any atom is 0.269 e. The van der Waals surface area contributed by atoms with Gasteiger partial charge in [-0.25, -0.2) is 0 Å². The average Bonchev–Trinajstić information content (AvgIpc) is 3.05. The van der Waals surface area contributed by atoms with Gasteiger partial charge in [0.05, 0.1) is 30.5 Å². The largest absolute Gasteiger partial charge is 0.472 e. The van der Waals surface area contributed by atoms with Crippen molar-refractivity contribution in [2.45, 2.75) is 13.0 Å². The van der Waals surface area contributed by atoms with Gasteiger partial charge in [0, 0.05) is 37.9 Å². The first-order chi connectivity index (χ1) is 11.1. The number of hydrogen-bond acceptors (Lipinski definition) is 5. The second-order valence-electron chi connectivity index (χ2n) is 5.04. The number of furan rings is 1. The van der Waals surface area contributed by atoms with Gasteiger partial charge in [-0.2, -0.15) is 0 Å². The monoisotopic (exact) mass is 318 g/mol. The minimum Gasteiger partial charge on any atom is -0.472 e. The van der Waals surface area contributed by atoms with Crippen molar-refractivity contribution in [3.63, 3.8) is 0 Å². The van der Waals surface area contributed by atoms with E-state index < -0.39 is 4.92 Å². The van der Waals surface area contributed by atoms with Crippen LogP contribution < -0.4 is 0 Å². The van der Waals surface area contributed by atoms with E-state index in [0.29, 0.717) is 19.7 Å². The van der Waals surface area contributed by atoms with E-state index in [1.807, 2.05) is 0 Å². The number of nitro benzene ring substituents is 1. The van der Waals surface area contributed by atoms with Crippen molar-refractivity contribution < 1.29 is 18.9 Å². The van der Waals surface area contributed by atoms with Crippen molar-refractivity contribution in [3.8, 4) is 0 Å². The molecule has 0 bridgehead atoms. The first-order valence-corrected chi connectivity index (χ1v) is 7.11. The maximum atomic E-state index is 12.5. The minimum absolute atomic E-state index is 0.0100. The fourth-order valence-corrected chi connectivity index (χ4v) is 2.12. The van der Waals surface area contributed by atoms with Crippen molar-refractivity contribution in [3.05, 3.63) is 64.1 Å². The molecule has 0 atom stereocenters. The topological polar surface area (TPSA) is 85.8 Å². The fraction of sp³-hybridized carbons (Fsp3) is 0.312. The number of ether oxygens (including phenoxy) is 1. The molecule has 0 unspecified atom stereocenters. The molecule has 7 nitrogen and oxygen atoms in total. The SMILES string of the molecule is COCCN(Cc1ccoc1)C(=O)Cc1ccc([N+](=O)[O-])cc1. The van der Waals surface area contributed by atoms with Crippen LogP contribution in [0.15, 0.2) is 47.3 Å². The van der Waals surface area contributed by atoms with E-state index in [1.54, 1.807) is 42.7 Å². The second-order valence-corrected chi connectivity index (χ2v) is 5.04. The van der Waals surface area contributed by atoms with Gasteiger partial charge in [-0.05, 0) is 11.6 Å². The summed E-state index contributed by atoms with van der Waals surface area (Å²) in [5.41, 5.74) is 1.64. The summed E-state index contributed by atoms with van der Waals surface area (Å²) in [6.07, 6.45) is 3.34. The van der Waals surface area contributed by atoms with Crippen molar-refractivity contribution in [1.82, 2.24) is 4.90 Å². The van der Waals surface area contributed by atoms with Gasteiger partial charge in [0.15, 0.2) is 0 Å². The third-order valence-electron chi connectivity index (χ3n) is 3.37. The van der Waals surface area contributed by atoms with Crippen LogP contribution in [-0.2, 0) is 22.5 Å². The number of amides is 1. The molecule has 0 aliphatic carbocycles. The molecule has 122 valence electrons. The second kappa shape index (κ2) is 8.09. The van der Waals surface area contributed by atoms with E-state index in [-0.39, 0.29) is 18.0 Å². The van der Waals surface area contributed by atoms with E-state index >= 15 is 0 Å². The Labute approximate surface area is 133 Å². The molecular formula is C16H18N2O5. The molecular weight excluding hydrogens is 300 g/mol. The summed E-state index contributed by atoms with van der Waals surface area (Å²) in [5, 5.41) is 10.6. The number of benzene rings is 1. The van der Waals surface area contributed by atoms with Gasteiger partial charge in [0.2, 0.25) is 5.91 Å². The number of rotatable bonds is 8. The molecule has 1 heterocycles. The summed E-state index contributed by atoms with van der Waals surface area (Å²) in [6.45, 7) is 1.34. The van der Waals surface area contributed by atoms with Gasteiger partial charge < -0.3 is 14.1 Å².